The Morgan fingerprint density at radius 2 is 1.88 bits per heavy atom. The quantitative estimate of drug-likeness (QED) is 0.781. The van der Waals surface area contributed by atoms with Crippen LogP contribution in [0.5, 0.6) is 0 Å². The minimum atomic E-state index is -0.659. The molecule has 1 saturated heterocycles. The van der Waals surface area contributed by atoms with Crippen molar-refractivity contribution in [1.82, 2.24) is 5.32 Å². The van der Waals surface area contributed by atoms with E-state index in [0.717, 1.165) is 18.7 Å². The molecule has 2 unspecified atom stereocenters. The van der Waals surface area contributed by atoms with Gasteiger partial charge in [0.15, 0.2) is 0 Å². The van der Waals surface area contributed by atoms with Gasteiger partial charge in [0.1, 0.15) is 5.41 Å². The molecule has 2 aliphatic rings. The van der Waals surface area contributed by atoms with Crippen LogP contribution in [0.3, 0.4) is 0 Å². The fraction of sp³-hybridized carbons (Fsp3) is 0.462. The van der Waals surface area contributed by atoms with E-state index in [9.17, 15) is 9.90 Å². The molecule has 16 heavy (non-hydrogen) atoms. The first kappa shape index (κ1) is 9.85. The number of carbonyl (C=O) groups is 1. The van der Waals surface area contributed by atoms with E-state index in [1.54, 1.807) is 0 Å². The van der Waals surface area contributed by atoms with Crippen molar-refractivity contribution < 1.29 is 9.90 Å². The first-order chi connectivity index (χ1) is 7.67. The van der Waals surface area contributed by atoms with E-state index in [0.29, 0.717) is 0 Å². The van der Waals surface area contributed by atoms with E-state index >= 15 is 0 Å². The van der Waals surface area contributed by atoms with Crippen LogP contribution < -0.4 is 5.32 Å². The second-order valence-corrected chi connectivity index (χ2v) is 4.91. The lowest BCUT2D eigenvalue weighted by atomic mass is 9.90. The average Bonchev–Trinajstić information content (AvgIpc) is 2.67. The third-order valence-electron chi connectivity index (χ3n) is 4.16. The van der Waals surface area contributed by atoms with Crippen LogP contribution in [0.4, 0.5) is 0 Å². The normalized spacial score (nSPS) is 35.8. The molecular formula is C13H15NO2. The average molecular weight is 217 g/mol. The van der Waals surface area contributed by atoms with Crippen LogP contribution in [0.2, 0.25) is 0 Å². The zero-order valence-electron chi connectivity index (χ0n) is 9.23. The molecule has 0 bridgehead atoms. The first-order valence-electron chi connectivity index (χ1n) is 5.68. The van der Waals surface area contributed by atoms with Crippen molar-refractivity contribution in [3.8, 4) is 0 Å². The number of aliphatic carboxylic acids is 1. The van der Waals surface area contributed by atoms with Gasteiger partial charge in [-0.3, -0.25) is 4.79 Å². The molecule has 1 aliphatic carbocycles. The second-order valence-electron chi connectivity index (χ2n) is 4.91. The van der Waals surface area contributed by atoms with Crippen LogP contribution in [-0.2, 0) is 10.2 Å². The summed E-state index contributed by atoms with van der Waals surface area (Å²) in [7, 11) is 0. The second kappa shape index (κ2) is 3.08. The lowest BCUT2D eigenvalue weighted by Crippen LogP contribution is -2.32. The molecule has 84 valence electrons. The Bertz CT molecular complexity index is 428. The number of carboxylic acids is 1. The van der Waals surface area contributed by atoms with Gasteiger partial charge in [0, 0.05) is 0 Å². The van der Waals surface area contributed by atoms with Crippen LogP contribution in [-0.4, -0.2) is 24.2 Å². The number of rotatable bonds is 2. The van der Waals surface area contributed by atoms with Gasteiger partial charge in [-0.25, -0.2) is 0 Å². The minimum Gasteiger partial charge on any atom is -0.481 e. The Hall–Kier alpha value is -1.35. The van der Waals surface area contributed by atoms with Gasteiger partial charge in [-0.2, -0.15) is 0 Å². The van der Waals surface area contributed by atoms with Crippen molar-refractivity contribution in [2.45, 2.75) is 12.3 Å². The number of hydrogen-bond acceptors (Lipinski definition) is 2. The standard InChI is InChI=1S/C13H15NO2/c1-8-2-4-9(5-3-8)13(12(15)16)10-6-14-7-11(10)13/h2-5,10-11,14H,6-7H2,1H3,(H,15,16). The van der Waals surface area contributed by atoms with Crippen molar-refractivity contribution in [1.29, 1.82) is 0 Å². The summed E-state index contributed by atoms with van der Waals surface area (Å²) in [6.07, 6.45) is 0. The predicted octanol–water partition coefficient (Wildman–Crippen LogP) is 1.17. The number of piperidine rings is 1. The summed E-state index contributed by atoms with van der Waals surface area (Å²) >= 11 is 0. The van der Waals surface area contributed by atoms with Crippen molar-refractivity contribution in [2.24, 2.45) is 11.8 Å². The van der Waals surface area contributed by atoms with E-state index in [4.69, 9.17) is 0 Å². The van der Waals surface area contributed by atoms with E-state index in [-0.39, 0.29) is 11.8 Å². The van der Waals surface area contributed by atoms with E-state index in [1.165, 1.54) is 5.56 Å². The summed E-state index contributed by atoms with van der Waals surface area (Å²) in [6.45, 7) is 3.70. The van der Waals surface area contributed by atoms with Gasteiger partial charge in [0.2, 0.25) is 0 Å². The van der Waals surface area contributed by atoms with Gasteiger partial charge in [-0.05, 0) is 37.4 Å². The lowest BCUT2D eigenvalue weighted by Gasteiger charge is -2.17. The Labute approximate surface area is 94.5 Å². The Balaban J connectivity index is 2.03. The molecule has 2 N–H and O–H groups in total. The zero-order chi connectivity index (χ0) is 11.3. The first-order valence-corrected chi connectivity index (χ1v) is 5.68. The molecular weight excluding hydrogens is 202 g/mol. The predicted molar refractivity (Wildman–Crippen MR) is 60.3 cm³/mol. The molecule has 1 saturated carbocycles. The molecule has 1 aromatic carbocycles. The Morgan fingerprint density at radius 3 is 2.38 bits per heavy atom. The maximum absolute atomic E-state index is 11.6. The van der Waals surface area contributed by atoms with Crippen LogP contribution in [0.15, 0.2) is 24.3 Å². The summed E-state index contributed by atoms with van der Waals surface area (Å²) in [5.74, 6) is -0.0896. The molecule has 1 aliphatic heterocycles. The summed E-state index contributed by atoms with van der Waals surface area (Å²) in [6, 6.07) is 7.95. The molecule has 2 atom stereocenters. The summed E-state index contributed by atoms with van der Waals surface area (Å²) < 4.78 is 0. The molecule has 3 nitrogen and oxygen atoms in total. The molecule has 0 aromatic heterocycles. The number of fused-ring (bicyclic) bond motifs is 1. The third kappa shape index (κ3) is 1.04. The highest BCUT2D eigenvalue weighted by atomic mass is 16.4. The molecule has 2 fully saturated rings. The van der Waals surface area contributed by atoms with Crippen LogP contribution in [0, 0.1) is 18.8 Å². The summed E-state index contributed by atoms with van der Waals surface area (Å²) in [4.78, 5) is 11.6. The number of aryl methyl sites for hydroxylation is 1. The van der Waals surface area contributed by atoms with Crippen LogP contribution >= 0.6 is 0 Å². The molecule has 0 spiro atoms. The van der Waals surface area contributed by atoms with Crippen molar-refractivity contribution >= 4 is 5.97 Å². The maximum atomic E-state index is 11.6. The SMILES string of the molecule is Cc1ccc(C2(C(=O)O)C3CNCC32)cc1. The van der Waals surface area contributed by atoms with Crippen molar-refractivity contribution in [2.75, 3.05) is 13.1 Å². The Morgan fingerprint density at radius 1 is 1.31 bits per heavy atom. The smallest absolute Gasteiger partial charge is 0.314 e. The van der Waals surface area contributed by atoms with Gasteiger partial charge >= 0.3 is 5.97 Å². The number of hydrogen-bond donors (Lipinski definition) is 2. The van der Waals surface area contributed by atoms with Gasteiger partial charge in [-0.15, -0.1) is 0 Å². The highest BCUT2D eigenvalue weighted by Crippen LogP contribution is 2.61. The van der Waals surface area contributed by atoms with Gasteiger partial charge < -0.3 is 10.4 Å². The van der Waals surface area contributed by atoms with E-state index < -0.39 is 11.4 Å². The van der Waals surface area contributed by atoms with Gasteiger partial charge in [-0.1, -0.05) is 29.8 Å². The molecule has 3 heteroatoms. The third-order valence-corrected chi connectivity index (χ3v) is 4.16. The highest BCUT2D eigenvalue weighted by molar-refractivity contribution is 5.87. The van der Waals surface area contributed by atoms with Gasteiger partial charge in [0.05, 0.1) is 0 Å². The van der Waals surface area contributed by atoms with Gasteiger partial charge in [0.25, 0.3) is 0 Å². The molecule has 0 amide bonds. The number of nitrogens with one attached hydrogen (secondary N) is 1. The monoisotopic (exact) mass is 217 g/mol. The minimum absolute atomic E-state index is 0.285. The molecule has 0 radical (unpaired) electrons. The van der Waals surface area contributed by atoms with E-state index in [1.807, 2.05) is 31.2 Å². The summed E-state index contributed by atoms with van der Waals surface area (Å²) in [5.41, 5.74) is 1.55. The number of benzene rings is 1. The zero-order valence-corrected chi connectivity index (χ0v) is 9.23. The van der Waals surface area contributed by atoms with Crippen LogP contribution in [0.1, 0.15) is 11.1 Å². The lowest BCUT2D eigenvalue weighted by molar-refractivity contribution is -0.141. The maximum Gasteiger partial charge on any atom is 0.314 e. The van der Waals surface area contributed by atoms with Crippen molar-refractivity contribution in [3.63, 3.8) is 0 Å². The van der Waals surface area contributed by atoms with Crippen LogP contribution in [0.25, 0.3) is 0 Å². The largest absolute Gasteiger partial charge is 0.481 e. The topological polar surface area (TPSA) is 49.3 Å². The Kier molecular flexibility index (Phi) is 1.89. The fourth-order valence-electron chi connectivity index (χ4n) is 3.24. The molecule has 1 heterocycles. The summed E-state index contributed by atoms with van der Waals surface area (Å²) in [5, 5.41) is 12.8. The molecule has 3 rings (SSSR count). The van der Waals surface area contributed by atoms with Crippen molar-refractivity contribution in [3.05, 3.63) is 35.4 Å². The number of carboxylic acid groups (broad SMARTS) is 1. The highest BCUT2D eigenvalue weighted by Gasteiger charge is 2.72. The fourth-order valence-corrected chi connectivity index (χ4v) is 3.24. The molecule has 1 aromatic rings. The van der Waals surface area contributed by atoms with E-state index in [2.05, 4.69) is 5.32 Å².